The average molecular weight is 584 g/mol. The number of hydrogen-bond donors (Lipinski definition) is 1. The topological polar surface area (TPSA) is 72.7 Å². The number of carbonyl (C=O) groups excluding carboxylic acids is 1. The minimum Gasteiger partial charge on any atom is -0.480 e. The lowest BCUT2D eigenvalue weighted by Gasteiger charge is -2.25. The molecule has 0 bridgehead atoms. The molecule has 8 heteroatoms. The number of nitrogens with zero attached hydrogens (tertiary/aromatic N) is 2. The summed E-state index contributed by atoms with van der Waals surface area (Å²) < 4.78 is 8.59. The average Bonchev–Trinajstić information content (AvgIpc) is 3.22. The van der Waals surface area contributed by atoms with Crippen molar-refractivity contribution in [1.82, 2.24) is 4.57 Å². The maximum absolute atomic E-state index is 13.9. The molecule has 0 aliphatic carbocycles. The Morgan fingerprint density at radius 2 is 1.87 bits per heavy atom. The van der Waals surface area contributed by atoms with Crippen LogP contribution >= 0.6 is 27.3 Å². The molecule has 188 valence electrons. The second kappa shape index (κ2) is 11.1. The van der Waals surface area contributed by atoms with Gasteiger partial charge in [-0.2, -0.15) is 0 Å². The molecule has 1 atom stereocenters. The molecule has 1 amide bonds. The number of halogens is 1. The van der Waals surface area contributed by atoms with E-state index in [1.54, 1.807) is 23.6 Å². The monoisotopic (exact) mass is 583 g/mol. The lowest BCUT2D eigenvalue weighted by atomic mass is 9.95. The van der Waals surface area contributed by atoms with Crippen LogP contribution < -0.4 is 24.9 Å². The summed E-state index contributed by atoms with van der Waals surface area (Å²) in [5.41, 5.74) is 2.90. The zero-order valence-electron chi connectivity index (χ0n) is 20.4. The number of benzene rings is 3. The third kappa shape index (κ3) is 5.12. The molecule has 0 radical (unpaired) electrons. The van der Waals surface area contributed by atoms with Gasteiger partial charge in [-0.3, -0.25) is 14.2 Å². The molecule has 38 heavy (non-hydrogen) atoms. The van der Waals surface area contributed by atoms with Crippen LogP contribution in [-0.2, 0) is 4.79 Å². The number of fused-ring (bicyclic) bond motifs is 1. The van der Waals surface area contributed by atoms with E-state index in [1.807, 2.05) is 72.8 Å². The summed E-state index contributed by atoms with van der Waals surface area (Å²) in [4.78, 5) is 32.7. The first-order chi connectivity index (χ1) is 18.5. The van der Waals surface area contributed by atoms with Gasteiger partial charge in [0, 0.05) is 15.7 Å². The van der Waals surface area contributed by atoms with Crippen molar-refractivity contribution in [2.45, 2.75) is 13.0 Å². The predicted octanol–water partition coefficient (Wildman–Crippen LogP) is 4.65. The summed E-state index contributed by atoms with van der Waals surface area (Å²) >= 11 is 4.75. The first-order valence-electron chi connectivity index (χ1n) is 11.8. The quantitative estimate of drug-likeness (QED) is 0.336. The number of anilines is 1. The molecule has 2 heterocycles. The molecule has 0 saturated carbocycles. The van der Waals surface area contributed by atoms with E-state index in [4.69, 9.17) is 16.2 Å². The summed E-state index contributed by atoms with van der Waals surface area (Å²) in [6.45, 7) is 1.91. The number of amides is 1. The Hall–Kier alpha value is -4.19. The molecule has 6 nitrogen and oxygen atoms in total. The number of terminal acetylenes is 1. The largest absolute Gasteiger partial charge is 0.480 e. The molecule has 1 aromatic heterocycles. The Kier molecular flexibility index (Phi) is 7.40. The van der Waals surface area contributed by atoms with Crippen molar-refractivity contribution in [3.8, 4) is 18.1 Å². The maximum atomic E-state index is 13.9. The molecule has 0 spiro atoms. The van der Waals surface area contributed by atoms with Crippen molar-refractivity contribution in [2.75, 3.05) is 11.9 Å². The molecular formula is C30H22BrN3O3S. The highest BCUT2D eigenvalue weighted by Gasteiger charge is 2.32. The van der Waals surface area contributed by atoms with Crippen LogP contribution in [0.1, 0.15) is 24.1 Å². The highest BCUT2D eigenvalue weighted by atomic mass is 79.9. The van der Waals surface area contributed by atoms with Crippen molar-refractivity contribution >= 4 is 44.9 Å². The van der Waals surface area contributed by atoms with Crippen LogP contribution in [-0.4, -0.2) is 17.1 Å². The van der Waals surface area contributed by atoms with Crippen LogP contribution in [0.25, 0.3) is 6.08 Å². The molecule has 0 unspecified atom stereocenters. The Bertz CT molecular complexity index is 1770. The van der Waals surface area contributed by atoms with Crippen molar-refractivity contribution in [3.05, 3.63) is 125 Å². The highest BCUT2D eigenvalue weighted by molar-refractivity contribution is 9.10. The number of rotatable bonds is 6. The van der Waals surface area contributed by atoms with E-state index in [0.717, 1.165) is 10.0 Å². The lowest BCUT2D eigenvalue weighted by molar-refractivity contribution is -0.113. The molecule has 1 aliphatic rings. The summed E-state index contributed by atoms with van der Waals surface area (Å²) in [6, 6.07) is 23.6. The number of thiazole rings is 1. The van der Waals surface area contributed by atoms with Crippen molar-refractivity contribution < 1.29 is 9.53 Å². The number of nitrogens with one attached hydrogen (secondary N) is 1. The molecule has 0 fully saturated rings. The van der Waals surface area contributed by atoms with E-state index >= 15 is 0 Å². The second-order valence-electron chi connectivity index (χ2n) is 8.49. The minimum absolute atomic E-state index is 0.108. The third-order valence-electron chi connectivity index (χ3n) is 5.98. The molecule has 4 aromatic rings. The molecule has 1 N–H and O–H groups in total. The van der Waals surface area contributed by atoms with E-state index in [9.17, 15) is 9.59 Å². The minimum atomic E-state index is -0.641. The first-order valence-corrected chi connectivity index (χ1v) is 13.4. The van der Waals surface area contributed by atoms with Gasteiger partial charge >= 0.3 is 0 Å². The van der Waals surface area contributed by atoms with Crippen molar-refractivity contribution in [1.29, 1.82) is 0 Å². The Labute approximate surface area is 231 Å². The van der Waals surface area contributed by atoms with Crippen LogP contribution in [0.15, 0.2) is 104 Å². The van der Waals surface area contributed by atoms with E-state index < -0.39 is 6.04 Å². The zero-order chi connectivity index (χ0) is 26.6. The van der Waals surface area contributed by atoms with Crippen LogP contribution in [0.2, 0.25) is 0 Å². The number of ether oxygens (including phenoxy) is 1. The predicted molar refractivity (Wildman–Crippen MR) is 154 cm³/mol. The van der Waals surface area contributed by atoms with Crippen LogP contribution in [0, 0.1) is 12.3 Å². The second-order valence-corrected chi connectivity index (χ2v) is 10.4. The first kappa shape index (κ1) is 25.5. The van der Waals surface area contributed by atoms with Gasteiger partial charge in [0.05, 0.1) is 21.8 Å². The standard InChI is InChI=1S/C30H22BrN3O3S/c1-3-16-37-24-15-14-22(31)17-21(24)18-25-29(36)34-27(20-10-6-4-7-11-20)26(19(2)32-30(34)38-25)28(35)33-23-12-8-5-9-13-23/h1,4-15,17-18,27H,16H2,2H3,(H,33,35)/b25-18-/t27-/m1/s1. The normalized spacial score (nSPS) is 14.9. The Morgan fingerprint density at radius 1 is 1.16 bits per heavy atom. The fraction of sp³-hybridized carbons (Fsp3) is 0.100. The molecule has 1 aliphatic heterocycles. The summed E-state index contributed by atoms with van der Waals surface area (Å²) in [5, 5.41) is 2.96. The van der Waals surface area contributed by atoms with Crippen LogP contribution in [0.3, 0.4) is 0 Å². The fourth-order valence-electron chi connectivity index (χ4n) is 4.31. The van der Waals surface area contributed by atoms with E-state index in [2.05, 4.69) is 27.2 Å². The van der Waals surface area contributed by atoms with Gasteiger partial charge in [0.2, 0.25) is 0 Å². The SMILES string of the molecule is C#CCOc1ccc(Br)cc1/C=c1\sc2n(c1=O)[C@H](c1ccccc1)C(C(=O)Nc1ccccc1)=C(C)N=2. The number of allylic oxidation sites excluding steroid dienone is 1. The zero-order valence-corrected chi connectivity index (χ0v) is 22.8. The molecule has 0 saturated heterocycles. The van der Waals surface area contributed by atoms with Crippen molar-refractivity contribution in [2.24, 2.45) is 4.99 Å². The molecule has 5 rings (SSSR count). The van der Waals surface area contributed by atoms with Crippen LogP contribution in [0.4, 0.5) is 5.69 Å². The van der Waals surface area contributed by atoms with E-state index in [0.29, 0.717) is 37.6 Å². The number of carbonyl (C=O) groups is 1. The molecular weight excluding hydrogens is 562 g/mol. The van der Waals surface area contributed by atoms with Crippen LogP contribution in [0.5, 0.6) is 5.75 Å². The maximum Gasteiger partial charge on any atom is 0.271 e. The van der Waals surface area contributed by atoms with Gasteiger partial charge in [-0.25, -0.2) is 4.99 Å². The van der Waals surface area contributed by atoms with Gasteiger partial charge < -0.3 is 10.1 Å². The third-order valence-corrected chi connectivity index (χ3v) is 7.46. The molecule has 3 aromatic carbocycles. The van der Waals surface area contributed by atoms with Gasteiger partial charge in [-0.1, -0.05) is 81.7 Å². The van der Waals surface area contributed by atoms with Gasteiger partial charge in [0.25, 0.3) is 11.5 Å². The van der Waals surface area contributed by atoms with Gasteiger partial charge in [-0.15, -0.1) is 6.42 Å². The highest BCUT2D eigenvalue weighted by Crippen LogP contribution is 2.31. The van der Waals surface area contributed by atoms with Gasteiger partial charge in [-0.05, 0) is 48.9 Å². The Balaban J connectivity index is 1.66. The summed E-state index contributed by atoms with van der Waals surface area (Å²) in [6.07, 6.45) is 7.14. The van der Waals surface area contributed by atoms with Gasteiger partial charge in [0.1, 0.15) is 12.4 Å². The number of aromatic nitrogens is 1. The van der Waals surface area contributed by atoms with Crippen molar-refractivity contribution in [3.63, 3.8) is 0 Å². The summed E-state index contributed by atoms with van der Waals surface area (Å²) in [7, 11) is 0. The van der Waals surface area contributed by atoms with E-state index in [-0.39, 0.29) is 18.1 Å². The number of hydrogen-bond acceptors (Lipinski definition) is 5. The fourth-order valence-corrected chi connectivity index (χ4v) is 5.72. The van der Waals surface area contributed by atoms with E-state index in [1.165, 1.54) is 11.3 Å². The lowest BCUT2D eigenvalue weighted by Crippen LogP contribution is -2.40. The number of para-hydroxylation sites is 1. The summed E-state index contributed by atoms with van der Waals surface area (Å²) in [5.74, 6) is 2.72. The van der Waals surface area contributed by atoms with Gasteiger partial charge in [0.15, 0.2) is 4.80 Å². The Morgan fingerprint density at radius 3 is 2.58 bits per heavy atom. The smallest absolute Gasteiger partial charge is 0.271 e.